The number of ether oxygens (including phenoxy) is 1. The molecule has 2 atom stereocenters. The average molecular weight is 331 g/mol. The van der Waals surface area contributed by atoms with Gasteiger partial charge in [0, 0.05) is 31.4 Å². The number of hydrogen-bond acceptors (Lipinski definition) is 5. The number of nitrogens with zero attached hydrogens (tertiary/aromatic N) is 2. The van der Waals surface area contributed by atoms with Crippen molar-refractivity contribution in [3.05, 3.63) is 30.3 Å². The van der Waals surface area contributed by atoms with Gasteiger partial charge in [0.2, 0.25) is 5.91 Å². The Labute approximate surface area is 142 Å². The third-order valence-corrected chi connectivity index (χ3v) is 5.79. The lowest BCUT2D eigenvalue weighted by atomic mass is 9.84. The Balaban J connectivity index is 1.50. The summed E-state index contributed by atoms with van der Waals surface area (Å²) >= 11 is 0. The fraction of sp³-hybridized carbons (Fsp3) is 0.611. The maximum absolute atomic E-state index is 12.6. The predicted molar refractivity (Wildman–Crippen MR) is 90.7 cm³/mol. The molecule has 4 rings (SSSR count). The lowest BCUT2D eigenvalue weighted by Crippen LogP contribution is -2.60. The van der Waals surface area contributed by atoms with Gasteiger partial charge in [0.25, 0.3) is 0 Å². The zero-order chi connectivity index (χ0) is 16.6. The zero-order valence-electron chi connectivity index (χ0n) is 13.9. The van der Waals surface area contributed by atoms with Gasteiger partial charge in [0.15, 0.2) is 0 Å². The molecule has 3 saturated heterocycles. The summed E-state index contributed by atoms with van der Waals surface area (Å²) in [6.45, 7) is 3.36. The van der Waals surface area contributed by atoms with Crippen molar-refractivity contribution in [3.8, 4) is 0 Å². The van der Waals surface area contributed by atoms with Gasteiger partial charge in [-0.2, -0.15) is 0 Å². The third kappa shape index (κ3) is 2.59. The third-order valence-electron chi connectivity index (χ3n) is 5.79. The Bertz CT molecular complexity index is 586. The number of likely N-dealkylation sites (tertiary alicyclic amines) is 1. The topological polar surface area (TPSA) is 65.0 Å². The molecule has 24 heavy (non-hydrogen) atoms. The number of benzene rings is 1. The molecular formula is C18H25N3O3. The fourth-order valence-electron chi connectivity index (χ4n) is 4.40. The summed E-state index contributed by atoms with van der Waals surface area (Å²) in [4.78, 5) is 17.2. The van der Waals surface area contributed by atoms with Crippen LogP contribution in [0, 0.1) is 0 Å². The molecule has 0 bridgehead atoms. The second-order valence-corrected chi connectivity index (χ2v) is 6.99. The molecule has 130 valence electrons. The first-order valence-corrected chi connectivity index (χ1v) is 8.81. The Morgan fingerprint density at radius 2 is 1.96 bits per heavy atom. The lowest BCUT2D eigenvalue weighted by Gasteiger charge is -2.47. The van der Waals surface area contributed by atoms with Gasteiger partial charge in [-0.05, 0) is 31.4 Å². The maximum Gasteiger partial charge on any atom is 0.247 e. The van der Waals surface area contributed by atoms with E-state index in [-0.39, 0.29) is 11.9 Å². The molecule has 1 aromatic rings. The van der Waals surface area contributed by atoms with Crippen LogP contribution in [0.4, 0.5) is 5.69 Å². The number of piperidine rings is 1. The maximum atomic E-state index is 12.6. The summed E-state index contributed by atoms with van der Waals surface area (Å²) in [5.74, 6) is 0.138. The molecule has 6 heteroatoms. The number of amides is 1. The molecule has 3 aliphatic rings. The van der Waals surface area contributed by atoms with Gasteiger partial charge in [0.05, 0.1) is 19.4 Å². The minimum absolute atomic E-state index is 0.138. The van der Waals surface area contributed by atoms with E-state index in [0.717, 1.165) is 38.0 Å². The molecule has 0 radical (unpaired) electrons. The molecule has 1 spiro atoms. The van der Waals surface area contributed by atoms with E-state index < -0.39 is 11.6 Å². The summed E-state index contributed by atoms with van der Waals surface area (Å²) in [5, 5.41) is 13.2. The van der Waals surface area contributed by atoms with Gasteiger partial charge in [0.1, 0.15) is 5.54 Å². The van der Waals surface area contributed by atoms with Crippen molar-refractivity contribution in [2.24, 2.45) is 0 Å². The van der Waals surface area contributed by atoms with Crippen LogP contribution in [0.5, 0.6) is 0 Å². The van der Waals surface area contributed by atoms with E-state index in [1.165, 1.54) is 0 Å². The Morgan fingerprint density at radius 1 is 1.21 bits per heavy atom. The van der Waals surface area contributed by atoms with Crippen LogP contribution in [0.3, 0.4) is 0 Å². The largest absolute Gasteiger partial charge is 0.389 e. The number of para-hydroxylation sites is 1. The molecule has 3 heterocycles. The van der Waals surface area contributed by atoms with Gasteiger partial charge in [-0.1, -0.05) is 18.2 Å². The molecule has 0 unspecified atom stereocenters. The van der Waals surface area contributed by atoms with Gasteiger partial charge in [-0.15, -0.1) is 0 Å². The van der Waals surface area contributed by atoms with Gasteiger partial charge >= 0.3 is 0 Å². The highest BCUT2D eigenvalue weighted by Crippen LogP contribution is 2.37. The normalized spacial score (nSPS) is 30.5. The van der Waals surface area contributed by atoms with Crippen molar-refractivity contribution in [3.63, 3.8) is 0 Å². The van der Waals surface area contributed by atoms with E-state index in [4.69, 9.17) is 4.74 Å². The van der Waals surface area contributed by atoms with Crippen molar-refractivity contribution in [1.29, 1.82) is 0 Å². The molecule has 0 aliphatic carbocycles. The zero-order valence-corrected chi connectivity index (χ0v) is 13.9. The molecule has 1 amide bonds. The lowest BCUT2D eigenvalue weighted by molar-refractivity contribution is -0.126. The number of carbonyl (C=O) groups is 1. The Hall–Kier alpha value is -1.63. The predicted octanol–water partition coefficient (Wildman–Crippen LogP) is 0.565. The SMILES string of the molecule is O=C1NCN(c2ccccc2)C12CCN([C@@H]1CCOC[C@H]1O)CC2. The van der Waals surface area contributed by atoms with Crippen molar-refractivity contribution in [2.45, 2.75) is 36.9 Å². The van der Waals surface area contributed by atoms with Crippen molar-refractivity contribution in [2.75, 3.05) is 37.9 Å². The molecule has 2 N–H and O–H groups in total. The van der Waals surface area contributed by atoms with Crippen molar-refractivity contribution < 1.29 is 14.6 Å². The molecule has 6 nitrogen and oxygen atoms in total. The summed E-state index contributed by atoms with van der Waals surface area (Å²) in [5.41, 5.74) is 0.643. The van der Waals surface area contributed by atoms with Crippen LogP contribution in [0.1, 0.15) is 19.3 Å². The average Bonchev–Trinajstić information content (AvgIpc) is 2.93. The molecule has 3 aliphatic heterocycles. The van der Waals surface area contributed by atoms with Gasteiger partial charge in [-0.25, -0.2) is 0 Å². The Morgan fingerprint density at radius 3 is 2.67 bits per heavy atom. The van der Waals surface area contributed by atoms with E-state index in [0.29, 0.717) is 19.9 Å². The summed E-state index contributed by atoms with van der Waals surface area (Å²) in [6, 6.07) is 10.3. The van der Waals surface area contributed by atoms with Crippen LogP contribution in [0.25, 0.3) is 0 Å². The van der Waals surface area contributed by atoms with E-state index in [1.807, 2.05) is 18.2 Å². The molecule has 3 fully saturated rings. The number of aliphatic hydroxyl groups is 1. The molecule has 0 aromatic heterocycles. The highest BCUT2D eigenvalue weighted by atomic mass is 16.5. The van der Waals surface area contributed by atoms with E-state index in [1.54, 1.807) is 0 Å². The number of anilines is 1. The minimum Gasteiger partial charge on any atom is -0.389 e. The van der Waals surface area contributed by atoms with Crippen LogP contribution < -0.4 is 10.2 Å². The Kier molecular flexibility index (Phi) is 4.20. The monoisotopic (exact) mass is 331 g/mol. The first kappa shape index (κ1) is 15.9. The van der Waals surface area contributed by atoms with Crippen LogP contribution in [-0.2, 0) is 9.53 Å². The first-order valence-electron chi connectivity index (χ1n) is 8.81. The van der Waals surface area contributed by atoms with Crippen LogP contribution in [-0.4, -0.2) is 66.6 Å². The van der Waals surface area contributed by atoms with Crippen LogP contribution in [0.2, 0.25) is 0 Å². The molecule has 0 saturated carbocycles. The second kappa shape index (κ2) is 6.35. The number of nitrogens with one attached hydrogen (secondary N) is 1. The minimum atomic E-state index is -0.450. The highest BCUT2D eigenvalue weighted by molar-refractivity contribution is 5.93. The number of rotatable bonds is 2. The summed E-state index contributed by atoms with van der Waals surface area (Å²) in [7, 11) is 0. The van der Waals surface area contributed by atoms with Crippen LogP contribution >= 0.6 is 0 Å². The summed E-state index contributed by atoms with van der Waals surface area (Å²) in [6.07, 6.45) is 2.02. The number of hydrogen-bond donors (Lipinski definition) is 2. The van der Waals surface area contributed by atoms with E-state index in [2.05, 4.69) is 27.2 Å². The smallest absolute Gasteiger partial charge is 0.247 e. The van der Waals surface area contributed by atoms with Crippen LogP contribution in [0.15, 0.2) is 30.3 Å². The fourth-order valence-corrected chi connectivity index (χ4v) is 4.40. The first-order chi connectivity index (χ1) is 11.7. The van der Waals surface area contributed by atoms with E-state index >= 15 is 0 Å². The molecular weight excluding hydrogens is 306 g/mol. The second-order valence-electron chi connectivity index (χ2n) is 6.99. The van der Waals surface area contributed by atoms with Crippen molar-refractivity contribution in [1.82, 2.24) is 10.2 Å². The number of carbonyl (C=O) groups excluding carboxylic acids is 1. The molecule has 1 aromatic carbocycles. The standard InChI is InChI=1S/C18H25N3O3/c22-16-12-24-11-6-15(16)20-9-7-18(8-10-20)17(23)19-13-21(18)14-4-2-1-3-5-14/h1-5,15-16,22H,6-13H2,(H,19,23)/t15-,16-/m1/s1. The number of aliphatic hydroxyl groups excluding tert-OH is 1. The van der Waals surface area contributed by atoms with Crippen molar-refractivity contribution >= 4 is 11.6 Å². The van der Waals surface area contributed by atoms with Gasteiger partial charge < -0.3 is 20.1 Å². The highest BCUT2D eigenvalue weighted by Gasteiger charge is 2.51. The summed E-state index contributed by atoms with van der Waals surface area (Å²) < 4.78 is 5.34. The van der Waals surface area contributed by atoms with E-state index in [9.17, 15) is 9.90 Å². The van der Waals surface area contributed by atoms with Gasteiger partial charge in [-0.3, -0.25) is 9.69 Å². The quantitative estimate of drug-likeness (QED) is 0.829.